The lowest BCUT2D eigenvalue weighted by Crippen LogP contribution is -2.22. The molecule has 0 aliphatic rings. The maximum absolute atomic E-state index is 9.15. The van der Waals surface area contributed by atoms with Crippen LogP contribution in [-0.4, -0.2) is 19.6 Å². The summed E-state index contributed by atoms with van der Waals surface area (Å²) in [5.41, 5.74) is 2.26. The molecule has 1 rings (SSSR count). The highest BCUT2D eigenvalue weighted by molar-refractivity contribution is 5.48. The van der Waals surface area contributed by atoms with Crippen LogP contribution in [0.3, 0.4) is 0 Å². The molecule has 3 nitrogen and oxygen atoms in total. The molecule has 0 saturated heterocycles. The van der Waals surface area contributed by atoms with Gasteiger partial charge >= 0.3 is 0 Å². The van der Waals surface area contributed by atoms with Gasteiger partial charge in [-0.05, 0) is 44.5 Å². The van der Waals surface area contributed by atoms with Crippen molar-refractivity contribution in [2.45, 2.75) is 33.2 Å². The lowest BCUT2D eigenvalue weighted by Gasteiger charge is -2.21. The van der Waals surface area contributed by atoms with E-state index in [-0.39, 0.29) is 6.04 Å². The van der Waals surface area contributed by atoms with Crippen molar-refractivity contribution in [1.82, 2.24) is 5.32 Å². The van der Waals surface area contributed by atoms with Crippen LogP contribution in [0, 0.1) is 11.3 Å². The highest BCUT2D eigenvalue weighted by Crippen LogP contribution is 2.19. The van der Waals surface area contributed by atoms with Crippen LogP contribution in [-0.2, 0) is 0 Å². The summed E-state index contributed by atoms with van der Waals surface area (Å²) < 4.78 is 0. The van der Waals surface area contributed by atoms with Gasteiger partial charge in [0.25, 0.3) is 0 Å². The Hall–Kier alpha value is -1.53. The Kier molecular flexibility index (Phi) is 6.24. The molecule has 1 aromatic rings. The second-order valence-electron chi connectivity index (χ2n) is 4.28. The SMILES string of the molecule is CCCNC(C#N)c1ccc(N(CC)CC)cc1. The number of rotatable bonds is 7. The van der Waals surface area contributed by atoms with Crippen LogP contribution >= 0.6 is 0 Å². The second kappa shape index (κ2) is 7.73. The van der Waals surface area contributed by atoms with E-state index < -0.39 is 0 Å². The molecule has 0 fully saturated rings. The van der Waals surface area contributed by atoms with E-state index in [0.717, 1.165) is 31.6 Å². The molecule has 1 aromatic carbocycles. The number of anilines is 1. The Balaban J connectivity index is 2.77. The van der Waals surface area contributed by atoms with E-state index in [1.807, 2.05) is 12.1 Å². The summed E-state index contributed by atoms with van der Waals surface area (Å²) >= 11 is 0. The van der Waals surface area contributed by atoms with Gasteiger partial charge in [0.05, 0.1) is 6.07 Å². The molecule has 1 atom stereocenters. The number of hydrogen-bond acceptors (Lipinski definition) is 3. The Morgan fingerprint density at radius 2 is 1.78 bits per heavy atom. The molecule has 3 heteroatoms. The van der Waals surface area contributed by atoms with Gasteiger partial charge in [-0.1, -0.05) is 19.1 Å². The molecule has 0 aliphatic heterocycles. The van der Waals surface area contributed by atoms with E-state index in [0.29, 0.717) is 0 Å². The third-order valence-electron chi connectivity index (χ3n) is 3.08. The normalized spacial score (nSPS) is 11.9. The van der Waals surface area contributed by atoms with E-state index in [1.165, 1.54) is 5.69 Å². The predicted molar refractivity (Wildman–Crippen MR) is 76.7 cm³/mol. The molecule has 0 radical (unpaired) electrons. The van der Waals surface area contributed by atoms with Gasteiger partial charge in [0, 0.05) is 18.8 Å². The van der Waals surface area contributed by atoms with Crippen LogP contribution in [0.15, 0.2) is 24.3 Å². The first-order chi connectivity index (χ1) is 8.76. The smallest absolute Gasteiger partial charge is 0.121 e. The minimum atomic E-state index is -0.198. The fourth-order valence-corrected chi connectivity index (χ4v) is 1.99. The average Bonchev–Trinajstić information content (AvgIpc) is 2.42. The zero-order valence-corrected chi connectivity index (χ0v) is 11.6. The Morgan fingerprint density at radius 3 is 2.22 bits per heavy atom. The van der Waals surface area contributed by atoms with Gasteiger partial charge in [-0.3, -0.25) is 5.32 Å². The van der Waals surface area contributed by atoms with E-state index in [4.69, 9.17) is 5.26 Å². The minimum absolute atomic E-state index is 0.198. The van der Waals surface area contributed by atoms with Gasteiger partial charge in [0.1, 0.15) is 6.04 Å². The van der Waals surface area contributed by atoms with Crippen molar-refractivity contribution in [2.75, 3.05) is 24.5 Å². The summed E-state index contributed by atoms with van der Waals surface area (Å²) in [4.78, 5) is 2.30. The lowest BCUT2D eigenvalue weighted by atomic mass is 10.1. The predicted octanol–water partition coefficient (Wildman–Crippen LogP) is 3.10. The van der Waals surface area contributed by atoms with Crippen LogP contribution in [0.25, 0.3) is 0 Å². The maximum atomic E-state index is 9.15. The van der Waals surface area contributed by atoms with E-state index in [1.54, 1.807) is 0 Å². The quantitative estimate of drug-likeness (QED) is 0.802. The molecule has 18 heavy (non-hydrogen) atoms. The van der Waals surface area contributed by atoms with Gasteiger partial charge in [-0.25, -0.2) is 0 Å². The molecule has 0 aromatic heterocycles. The standard InChI is InChI=1S/C15H23N3/c1-4-11-17-15(12-16)13-7-9-14(10-8-13)18(5-2)6-3/h7-10,15,17H,4-6,11H2,1-3H3. The topological polar surface area (TPSA) is 39.1 Å². The fourth-order valence-electron chi connectivity index (χ4n) is 1.99. The highest BCUT2D eigenvalue weighted by atomic mass is 15.1. The third kappa shape index (κ3) is 3.75. The summed E-state index contributed by atoms with van der Waals surface area (Å²) in [5, 5.41) is 12.4. The van der Waals surface area contributed by atoms with E-state index in [2.05, 4.69) is 49.2 Å². The third-order valence-corrected chi connectivity index (χ3v) is 3.08. The molecular weight excluding hydrogens is 222 g/mol. The van der Waals surface area contributed by atoms with E-state index >= 15 is 0 Å². The van der Waals surface area contributed by atoms with Gasteiger partial charge < -0.3 is 4.90 Å². The van der Waals surface area contributed by atoms with Crippen molar-refractivity contribution < 1.29 is 0 Å². The summed E-state index contributed by atoms with van der Waals surface area (Å²) in [7, 11) is 0. The molecule has 1 N–H and O–H groups in total. The summed E-state index contributed by atoms with van der Waals surface area (Å²) in [6.45, 7) is 9.29. The monoisotopic (exact) mass is 245 g/mol. The summed E-state index contributed by atoms with van der Waals surface area (Å²) in [6.07, 6.45) is 1.04. The van der Waals surface area contributed by atoms with Crippen molar-refractivity contribution in [3.63, 3.8) is 0 Å². The summed E-state index contributed by atoms with van der Waals surface area (Å²) in [5.74, 6) is 0. The molecule has 0 spiro atoms. The molecule has 1 unspecified atom stereocenters. The van der Waals surface area contributed by atoms with Crippen LogP contribution in [0.2, 0.25) is 0 Å². The van der Waals surface area contributed by atoms with Crippen LogP contribution < -0.4 is 10.2 Å². The number of hydrogen-bond donors (Lipinski definition) is 1. The second-order valence-corrected chi connectivity index (χ2v) is 4.28. The van der Waals surface area contributed by atoms with Crippen molar-refractivity contribution >= 4 is 5.69 Å². The van der Waals surface area contributed by atoms with Crippen molar-refractivity contribution in [3.05, 3.63) is 29.8 Å². The minimum Gasteiger partial charge on any atom is -0.372 e. The zero-order valence-electron chi connectivity index (χ0n) is 11.6. The van der Waals surface area contributed by atoms with Crippen LogP contribution in [0.1, 0.15) is 38.8 Å². The van der Waals surface area contributed by atoms with Crippen LogP contribution in [0.4, 0.5) is 5.69 Å². The number of nitrogens with one attached hydrogen (secondary N) is 1. The van der Waals surface area contributed by atoms with Crippen molar-refractivity contribution in [3.8, 4) is 6.07 Å². The Labute approximate surface area is 110 Å². The Morgan fingerprint density at radius 1 is 1.17 bits per heavy atom. The molecular formula is C15H23N3. The number of nitriles is 1. The first-order valence-corrected chi connectivity index (χ1v) is 6.74. The molecule has 98 valence electrons. The number of nitrogens with zero attached hydrogens (tertiary/aromatic N) is 2. The average molecular weight is 245 g/mol. The number of benzene rings is 1. The van der Waals surface area contributed by atoms with Crippen LogP contribution in [0.5, 0.6) is 0 Å². The largest absolute Gasteiger partial charge is 0.372 e. The maximum Gasteiger partial charge on any atom is 0.121 e. The van der Waals surface area contributed by atoms with Gasteiger partial charge in [-0.15, -0.1) is 0 Å². The fraction of sp³-hybridized carbons (Fsp3) is 0.533. The first-order valence-electron chi connectivity index (χ1n) is 6.74. The zero-order chi connectivity index (χ0) is 13.4. The van der Waals surface area contributed by atoms with Gasteiger partial charge in [0.15, 0.2) is 0 Å². The van der Waals surface area contributed by atoms with Crippen molar-refractivity contribution in [2.24, 2.45) is 0 Å². The molecule has 0 heterocycles. The van der Waals surface area contributed by atoms with E-state index in [9.17, 15) is 0 Å². The van der Waals surface area contributed by atoms with Gasteiger partial charge in [-0.2, -0.15) is 5.26 Å². The molecule has 0 saturated carbocycles. The molecule has 0 amide bonds. The summed E-state index contributed by atoms with van der Waals surface area (Å²) in [6, 6.07) is 10.4. The molecule has 0 bridgehead atoms. The van der Waals surface area contributed by atoms with Crippen molar-refractivity contribution in [1.29, 1.82) is 5.26 Å². The Bertz CT molecular complexity index is 374. The van der Waals surface area contributed by atoms with Gasteiger partial charge in [0.2, 0.25) is 0 Å². The lowest BCUT2D eigenvalue weighted by molar-refractivity contribution is 0.621. The first kappa shape index (κ1) is 14.5. The highest BCUT2D eigenvalue weighted by Gasteiger charge is 2.09. The molecule has 0 aliphatic carbocycles.